The number of benzene rings is 1. The number of rotatable bonds is 4. The molecular weight excluding hydrogens is 326 g/mol. The van der Waals surface area contributed by atoms with E-state index in [4.69, 9.17) is 18.6 Å². The van der Waals surface area contributed by atoms with Crippen LogP contribution in [0.3, 0.4) is 0 Å². The molecule has 3 rings (SSSR count). The Morgan fingerprint density at radius 1 is 1.20 bits per heavy atom. The molecule has 1 aromatic carbocycles. The minimum atomic E-state index is -0.511. The lowest BCUT2D eigenvalue weighted by molar-refractivity contribution is 0.0600. The average Bonchev–Trinajstić information content (AvgIpc) is 2.66. The lowest BCUT2D eigenvalue weighted by Gasteiger charge is -2.27. The van der Waals surface area contributed by atoms with E-state index in [1.54, 1.807) is 13.2 Å². The lowest BCUT2D eigenvalue weighted by Crippen LogP contribution is -2.36. The van der Waals surface area contributed by atoms with Crippen molar-refractivity contribution >= 4 is 22.8 Å². The second kappa shape index (κ2) is 7.25. The fourth-order valence-electron chi connectivity index (χ4n) is 2.88. The summed E-state index contributed by atoms with van der Waals surface area (Å²) in [6.45, 7) is 4.32. The standard InChI is InChI=1S/C18H21NO6/c1-11(22-2)13-8-12(18(21)23-3)9-14-15(20)10-16(25-17(13)14)19-4-6-24-7-5-19/h8-11H,4-7H2,1-3H3. The number of fused-ring (bicyclic) bond motifs is 1. The molecule has 1 aliphatic rings. The second-order valence-corrected chi connectivity index (χ2v) is 5.86. The number of ether oxygens (including phenoxy) is 3. The van der Waals surface area contributed by atoms with E-state index in [1.807, 2.05) is 11.8 Å². The Labute approximate surface area is 145 Å². The summed E-state index contributed by atoms with van der Waals surface area (Å²) in [5, 5.41) is 0.332. The molecule has 25 heavy (non-hydrogen) atoms. The Morgan fingerprint density at radius 3 is 2.56 bits per heavy atom. The predicted octanol–water partition coefficient (Wildman–Crippen LogP) is 2.12. The molecule has 0 saturated carbocycles. The monoisotopic (exact) mass is 347 g/mol. The lowest BCUT2D eigenvalue weighted by atomic mass is 10.0. The van der Waals surface area contributed by atoms with E-state index in [2.05, 4.69) is 0 Å². The molecule has 0 aliphatic carbocycles. The molecule has 1 atom stereocenters. The summed E-state index contributed by atoms with van der Waals surface area (Å²) in [5.41, 5.74) is 1.14. The van der Waals surface area contributed by atoms with E-state index in [0.717, 1.165) is 0 Å². The first-order chi connectivity index (χ1) is 12.0. The molecule has 7 nitrogen and oxygen atoms in total. The zero-order valence-corrected chi connectivity index (χ0v) is 14.5. The number of morpholine rings is 1. The molecule has 0 amide bonds. The first-order valence-electron chi connectivity index (χ1n) is 8.10. The molecule has 1 aromatic heterocycles. The second-order valence-electron chi connectivity index (χ2n) is 5.86. The van der Waals surface area contributed by atoms with Crippen molar-refractivity contribution in [3.63, 3.8) is 0 Å². The van der Waals surface area contributed by atoms with E-state index in [9.17, 15) is 9.59 Å². The van der Waals surface area contributed by atoms with Gasteiger partial charge in [0, 0.05) is 31.8 Å². The van der Waals surface area contributed by atoms with Crippen LogP contribution in [-0.2, 0) is 14.2 Å². The smallest absolute Gasteiger partial charge is 0.337 e. The zero-order valence-electron chi connectivity index (χ0n) is 14.5. The van der Waals surface area contributed by atoms with Crippen LogP contribution in [0.1, 0.15) is 28.9 Å². The highest BCUT2D eigenvalue weighted by molar-refractivity contribution is 5.95. The fourth-order valence-corrected chi connectivity index (χ4v) is 2.88. The number of esters is 1. The first-order valence-corrected chi connectivity index (χ1v) is 8.10. The Hall–Kier alpha value is -2.38. The van der Waals surface area contributed by atoms with E-state index in [1.165, 1.54) is 19.2 Å². The normalized spacial score (nSPS) is 16.0. The summed E-state index contributed by atoms with van der Waals surface area (Å²) in [5.74, 6) is -0.0146. The average molecular weight is 347 g/mol. The van der Waals surface area contributed by atoms with Gasteiger partial charge in [0.2, 0.25) is 0 Å². The van der Waals surface area contributed by atoms with Gasteiger partial charge >= 0.3 is 5.97 Å². The van der Waals surface area contributed by atoms with Crippen LogP contribution in [0.2, 0.25) is 0 Å². The van der Waals surface area contributed by atoms with E-state index in [-0.39, 0.29) is 11.5 Å². The van der Waals surface area contributed by atoms with Gasteiger partial charge in [0.05, 0.1) is 37.4 Å². The summed E-state index contributed by atoms with van der Waals surface area (Å²) in [4.78, 5) is 26.6. The van der Waals surface area contributed by atoms with Crippen molar-refractivity contribution in [3.05, 3.63) is 39.5 Å². The molecule has 1 saturated heterocycles. The maximum atomic E-state index is 12.7. The van der Waals surface area contributed by atoms with Crippen LogP contribution in [0.25, 0.3) is 11.0 Å². The molecule has 134 valence electrons. The molecule has 0 spiro atoms. The summed E-state index contributed by atoms with van der Waals surface area (Å²) < 4.78 is 21.6. The van der Waals surface area contributed by atoms with Crippen LogP contribution in [0.5, 0.6) is 0 Å². The minimum Gasteiger partial charge on any atom is -0.465 e. The van der Waals surface area contributed by atoms with Crippen molar-refractivity contribution in [2.75, 3.05) is 45.4 Å². The number of carbonyl (C=O) groups is 1. The Bertz CT molecular complexity index is 837. The summed E-state index contributed by atoms with van der Waals surface area (Å²) in [6.07, 6.45) is -0.352. The van der Waals surface area contributed by atoms with Gasteiger partial charge in [-0.15, -0.1) is 0 Å². The minimum absolute atomic E-state index is 0.210. The largest absolute Gasteiger partial charge is 0.465 e. The number of nitrogens with zero attached hydrogens (tertiary/aromatic N) is 1. The van der Waals surface area contributed by atoms with Gasteiger partial charge in [0.15, 0.2) is 11.3 Å². The topological polar surface area (TPSA) is 78.2 Å². The SMILES string of the molecule is COC(=O)c1cc(C(C)OC)c2oc(N3CCOCC3)cc(=O)c2c1. The van der Waals surface area contributed by atoms with E-state index < -0.39 is 5.97 Å². The summed E-state index contributed by atoms with van der Waals surface area (Å²) in [7, 11) is 2.86. The van der Waals surface area contributed by atoms with Crippen molar-refractivity contribution in [1.29, 1.82) is 0 Å². The van der Waals surface area contributed by atoms with Crippen LogP contribution in [-0.4, -0.2) is 46.5 Å². The van der Waals surface area contributed by atoms with Gasteiger partial charge in [-0.05, 0) is 19.1 Å². The number of carbonyl (C=O) groups excluding carboxylic acids is 1. The third-order valence-corrected chi connectivity index (χ3v) is 4.38. The number of hydrogen-bond acceptors (Lipinski definition) is 7. The number of methoxy groups -OCH3 is 2. The number of hydrogen-bond donors (Lipinski definition) is 0. The molecule has 2 aromatic rings. The van der Waals surface area contributed by atoms with Crippen LogP contribution in [0, 0.1) is 0 Å². The predicted molar refractivity (Wildman–Crippen MR) is 92.3 cm³/mol. The molecule has 0 N–H and O–H groups in total. The highest BCUT2D eigenvalue weighted by Crippen LogP contribution is 2.29. The van der Waals surface area contributed by atoms with E-state index >= 15 is 0 Å². The van der Waals surface area contributed by atoms with Gasteiger partial charge in [0.25, 0.3) is 0 Å². The molecule has 0 bridgehead atoms. The molecular formula is C18H21NO6. The highest BCUT2D eigenvalue weighted by atomic mass is 16.5. The molecule has 1 aliphatic heterocycles. The molecule has 7 heteroatoms. The molecule has 1 unspecified atom stereocenters. The fraction of sp³-hybridized carbons (Fsp3) is 0.444. The van der Waals surface area contributed by atoms with Crippen molar-refractivity contribution in [1.82, 2.24) is 0 Å². The van der Waals surface area contributed by atoms with Gasteiger partial charge in [-0.3, -0.25) is 4.79 Å². The maximum Gasteiger partial charge on any atom is 0.337 e. The molecule has 0 radical (unpaired) electrons. The van der Waals surface area contributed by atoms with Gasteiger partial charge < -0.3 is 23.5 Å². The van der Waals surface area contributed by atoms with Gasteiger partial charge in [-0.2, -0.15) is 0 Å². The zero-order chi connectivity index (χ0) is 18.0. The van der Waals surface area contributed by atoms with Crippen molar-refractivity contribution < 1.29 is 23.4 Å². The number of anilines is 1. The quantitative estimate of drug-likeness (QED) is 0.784. The van der Waals surface area contributed by atoms with Crippen LogP contribution in [0.4, 0.5) is 5.88 Å². The summed E-state index contributed by atoms with van der Waals surface area (Å²) >= 11 is 0. The highest BCUT2D eigenvalue weighted by Gasteiger charge is 2.21. The van der Waals surface area contributed by atoms with Gasteiger partial charge in [-0.1, -0.05) is 0 Å². The van der Waals surface area contributed by atoms with Crippen molar-refractivity contribution in [2.45, 2.75) is 13.0 Å². The summed E-state index contributed by atoms with van der Waals surface area (Å²) in [6, 6.07) is 4.60. The van der Waals surface area contributed by atoms with Crippen LogP contribution in [0.15, 0.2) is 27.4 Å². The Balaban J connectivity index is 2.20. The van der Waals surface area contributed by atoms with Crippen molar-refractivity contribution in [3.8, 4) is 0 Å². The Morgan fingerprint density at radius 2 is 1.92 bits per heavy atom. The maximum absolute atomic E-state index is 12.7. The van der Waals surface area contributed by atoms with Crippen molar-refractivity contribution in [2.24, 2.45) is 0 Å². The molecule has 1 fully saturated rings. The first kappa shape index (κ1) is 17.4. The van der Waals surface area contributed by atoms with Gasteiger partial charge in [0.1, 0.15) is 5.58 Å². The third kappa shape index (κ3) is 3.38. The third-order valence-electron chi connectivity index (χ3n) is 4.38. The van der Waals surface area contributed by atoms with Crippen LogP contribution < -0.4 is 10.3 Å². The van der Waals surface area contributed by atoms with E-state index in [0.29, 0.717) is 54.3 Å². The van der Waals surface area contributed by atoms with Crippen LogP contribution >= 0.6 is 0 Å². The Kier molecular flexibility index (Phi) is 5.06. The van der Waals surface area contributed by atoms with Gasteiger partial charge in [-0.25, -0.2) is 4.79 Å². The molecule has 2 heterocycles.